The van der Waals surface area contributed by atoms with Crippen LogP contribution in [0.4, 0.5) is 0 Å². The molecule has 2 unspecified atom stereocenters. The Morgan fingerprint density at radius 1 is 1.06 bits per heavy atom. The smallest absolute Gasteiger partial charge is 0.119 e. The largest absolute Gasteiger partial charge is 0.508 e. The van der Waals surface area contributed by atoms with Crippen LogP contribution in [0.2, 0.25) is 0 Å². The van der Waals surface area contributed by atoms with Crippen molar-refractivity contribution in [1.82, 2.24) is 5.32 Å². The van der Waals surface area contributed by atoms with Gasteiger partial charge in [-0.15, -0.1) is 0 Å². The van der Waals surface area contributed by atoms with Crippen LogP contribution < -0.4 is 10.1 Å². The third-order valence-electron chi connectivity index (χ3n) is 3.81. The van der Waals surface area contributed by atoms with E-state index >= 15 is 0 Å². The maximum Gasteiger partial charge on any atom is 0.119 e. The Morgan fingerprint density at radius 2 is 1.71 bits per heavy atom. The van der Waals surface area contributed by atoms with Crippen molar-refractivity contribution < 1.29 is 9.84 Å². The highest BCUT2D eigenvalue weighted by Gasteiger charge is 2.32. The quantitative estimate of drug-likeness (QED) is 0.824. The molecule has 17 heavy (non-hydrogen) atoms. The first-order chi connectivity index (χ1) is 8.29. The molecule has 2 heterocycles. The van der Waals surface area contributed by atoms with Crippen molar-refractivity contribution in [3.63, 3.8) is 0 Å². The van der Waals surface area contributed by atoms with E-state index in [2.05, 4.69) is 5.32 Å². The molecule has 92 valence electrons. The van der Waals surface area contributed by atoms with Gasteiger partial charge < -0.3 is 15.2 Å². The Morgan fingerprint density at radius 3 is 2.35 bits per heavy atom. The van der Waals surface area contributed by atoms with Gasteiger partial charge in [-0.25, -0.2) is 0 Å². The Labute approximate surface area is 102 Å². The first kappa shape index (κ1) is 10.9. The van der Waals surface area contributed by atoms with Crippen molar-refractivity contribution in [2.45, 2.75) is 50.3 Å². The number of phenolic OH excluding ortho intramolecular Hbond substituents is 1. The number of rotatable bonds is 2. The summed E-state index contributed by atoms with van der Waals surface area (Å²) in [5, 5.41) is 12.9. The van der Waals surface area contributed by atoms with E-state index in [0.717, 1.165) is 18.6 Å². The lowest BCUT2D eigenvalue weighted by Gasteiger charge is -2.40. The highest BCUT2D eigenvalue weighted by molar-refractivity contribution is 5.30. The maximum absolute atomic E-state index is 9.23. The summed E-state index contributed by atoms with van der Waals surface area (Å²) < 4.78 is 6.00. The molecular formula is C14H19NO2. The van der Waals surface area contributed by atoms with E-state index in [1.165, 1.54) is 19.3 Å². The van der Waals surface area contributed by atoms with Crippen molar-refractivity contribution >= 4 is 0 Å². The molecule has 3 heteroatoms. The number of ether oxygens (including phenoxy) is 1. The highest BCUT2D eigenvalue weighted by atomic mass is 16.5. The molecular weight excluding hydrogens is 214 g/mol. The fourth-order valence-electron chi connectivity index (χ4n) is 3.03. The lowest BCUT2D eigenvalue weighted by Crippen LogP contribution is -2.51. The molecule has 2 aliphatic heterocycles. The van der Waals surface area contributed by atoms with E-state index in [1.54, 1.807) is 12.1 Å². The Bertz CT molecular complexity index is 364. The van der Waals surface area contributed by atoms with Gasteiger partial charge in [0.2, 0.25) is 0 Å². The lowest BCUT2D eigenvalue weighted by molar-refractivity contribution is 0.0927. The number of hydrogen-bond donors (Lipinski definition) is 2. The summed E-state index contributed by atoms with van der Waals surface area (Å²) in [4.78, 5) is 0. The molecule has 3 nitrogen and oxygen atoms in total. The molecule has 3 rings (SSSR count). The van der Waals surface area contributed by atoms with Gasteiger partial charge in [0.1, 0.15) is 17.6 Å². The summed E-state index contributed by atoms with van der Waals surface area (Å²) in [5.41, 5.74) is 0. The molecule has 2 saturated heterocycles. The Hall–Kier alpha value is -1.22. The molecule has 2 fully saturated rings. The van der Waals surface area contributed by atoms with E-state index in [1.807, 2.05) is 12.1 Å². The predicted molar refractivity (Wildman–Crippen MR) is 66.3 cm³/mol. The van der Waals surface area contributed by atoms with Crippen LogP contribution in [-0.4, -0.2) is 23.3 Å². The minimum absolute atomic E-state index is 0.291. The number of benzene rings is 1. The van der Waals surface area contributed by atoms with Gasteiger partial charge >= 0.3 is 0 Å². The van der Waals surface area contributed by atoms with Crippen molar-refractivity contribution in [1.29, 1.82) is 0 Å². The zero-order valence-corrected chi connectivity index (χ0v) is 9.93. The van der Waals surface area contributed by atoms with E-state index in [9.17, 15) is 5.11 Å². The predicted octanol–water partition coefficient (Wildman–Crippen LogP) is 2.44. The van der Waals surface area contributed by atoms with Crippen LogP contribution in [0.25, 0.3) is 0 Å². The van der Waals surface area contributed by atoms with Crippen molar-refractivity contribution in [2.24, 2.45) is 0 Å². The Kier molecular flexibility index (Phi) is 2.93. The average molecular weight is 233 g/mol. The summed E-state index contributed by atoms with van der Waals surface area (Å²) in [5.74, 6) is 1.16. The monoisotopic (exact) mass is 233 g/mol. The highest BCUT2D eigenvalue weighted by Crippen LogP contribution is 2.29. The van der Waals surface area contributed by atoms with Gasteiger partial charge in [0.15, 0.2) is 0 Å². The molecule has 2 atom stereocenters. The second kappa shape index (κ2) is 4.57. The molecule has 0 aliphatic carbocycles. The minimum atomic E-state index is 0.291. The number of fused-ring (bicyclic) bond motifs is 2. The summed E-state index contributed by atoms with van der Waals surface area (Å²) in [6, 6.07) is 8.32. The van der Waals surface area contributed by atoms with Gasteiger partial charge in [0, 0.05) is 12.1 Å². The molecule has 0 radical (unpaired) electrons. The molecule has 0 spiro atoms. The molecule has 2 N–H and O–H groups in total. The fourth-order valence-corrected chi connectivity index (χ4v) is 3.03. The van der Waals surface area contributed by atoms with Crippen LogP contribution in [0.15, 0.2) is 24.3 Å². The average Bonchev–Trinajstić information content (AvgIpc) is 2.32. The summed E-state index contributed by atoms with van der Waals surface area (Å²) in [7, 11) is 0. The molecule has 1 aromatic carbocycles. The van der Waals surface area contributed by atoms with Crippen LogP contribution in [-0.2, 0) is 0 Å². The third-order valence-corrected chi connectivity index (χ3v) is 3.81. The molecule has 0 amide bonds. The van der Waals surface area contributed by atoms with Gasteiger partial charge in [-0.1, -0.05) is 6.42 Å². The number of piperidine rings is 2. The summed E-state index contributed by atoms with van der Waals surface area (Å²) >= 11 is 0. The molecule has 2 aliphatic rings. The number of phenols is 1. The van der Waals surface area contributed by atoms with Crippen molar-refractivity contribution in [3.8, 4) is 11.5 Å². The van der Waals surface area contributed by atoms with Crippen LogP contribution in [0.1, 0.15) is 32.1 Å². The summed E-state index contributed by atoms with van der Waals surface area (Å²) in [6.45, 7) is 0. The van der Waals surface area contributed by atoms with Crippen LogP contribution >= 0.6 is 0 Å². The lowest BCUT2D eigenvalue weighted by atomic mass is 9.85. The van der Waals surface area contributed by atoms with E-state index in [4.69, 9.17) is 4.74 Å². The van der Waals surface area contributed by atoms with E-state index < -0.39 is 0 Å². The normalized spacial score (nSPS) is 32.1. The van der Waals surface area contributed by atoms with E-state index in [0.29, 0.717) is 23.9 Å². The van der Waals surface area contributed by atoms with Gasteiger partial charge in [-0.3, -0.25) is 0 Å². The first-order valence-corrected chi connectivity index (χ1v) is 6.51. The zero-order chi connectivity index (χ0) is 11.7. The second-order valence-corrected chi connectivity index (χ2v) is 5.20. The van der Waals surface area contributed by atoms with Crippen LogP contribution in [0, 0.1) is 0 Å². The number of hydrogen-bond acceptors (Lipinski definition) is 3. The number of aromatic hydroxyl groups is 1. The zero-order valence-electron chi connectivity index (χ0n) is 9.93. The fraction of sp³-hybridized carbons (Fsp3) is 0.571. The Balaban J connectivity index is 1.63. The SMILES string of the molecule is Oc1ccc(OC2CC3CCCC(C2)N3)cc1. The topological polar surface area (TPSA) is 41.5 Å². The summed E-state index contributed by atoms with van der Waals surface area (Å²) in [6.07, 6.45) is 6.47. The van der Waals surface area contributed by atoms with E-state index in [-0.39, 0.29) is 0 Å². The van der Waals surface area contributed by atoms with Gasteiger partial charge in [0.05, 0.1) is 0 Å². The second-order valence-electron chi connectivity index (χ2n) is 5.20. The minimum Gasteiger partial charge on any atom is -0.508 e. The van der Waals surface area contributed by atoms with Crippen molar-refractivity contribution in [3.05, 3.63) is 24.3 Å². The standard InChI is InChI=1S/C14H19NO2/c16-12-4-6-13(7-5-12)17-14-8-10-2-1-3-11(9-14)15-10/h4-7,10-11,14-16H,1-3,8-9H2. The van der Waals surface area contributed by atoms with Crippen LogP contribution in [0.5, 0.6) is 11.5 Å². The van der Waals surface area contributed by atoms with Gasteiger partial charge in [0.25, 0.3) is 0 Å². The van der Waals surface area contributed by atoms with Crippen LogP contribution in [0.3, 0.4) is 0 Å². The molecule has 1 aromatic rings. The third kappa shape index (κ3) is 2.55. The maximum atomic E-state index is 9.23. The van der Waals surface area contributed by atoms with Crippen molar-refractivity contribution in [2.75, 3.05) is 0 Å². The molecule has 0 aromatic heterocycles. The van der Waals surface area contributed by atoms with Gasteiger partial charge in [-0.2, -0.15) is 0 Å². The van der Waals surface area contributed by atoms with Gasteiger partial charge in [-0.05, 0) is 49.9 Å². The first-order valence-electron chi connectivity index (χ1n) is 6.51. The molecule has 0 saturated carbocycles. The number of nitrogens with one attached hydrogen (secondary N) is 1. The molecule has 2 bridgehead atoms.